The van der Waals surface area contributed by atoms with Gasteiger partial charge in [-0.25, -0.2) is 0 Å². The predicted octanol–water partition coefficient (Wildman–Crippen LogP) is 21.2. The van der Waals surface area contributed by atoms with E-state index in [0.29, 0.717) is 19.3 Å². The Hall–Kier alpha value is -1.59. The molecule has 0 rings (SSSR count). The minimum atomic E-state index is -0.764. The standard InChI is InChI=1S/C64H124O6/c1-6-7-8-9-10-11-12-13-14-15-16-17-21-24-29-34-39-44-49-54-62(65)68-57-61(58-69-63(66)55-50-45-40-35-31-26-28-33-38-43-48-53-60(4)5)70-64(67)56-51-46-41-36-30-25-22-19-18-20-23-27-32-37-42-47-52-59(2)3/h59-61H,6-58H2,1-5H3/t61-/m0/s1. The number of hydrogen-bond acceptors (Lipinski definition) is 6. The van der Waals surface area contributed by atoms with E-state index < -0.39 is 6.10 Å². The summed E-state index contributed by atoms with van der Waals surface area (Å²) >= 11 is 0. The number of unbranched alkanes of at least 4 members (excludes halogenated alkanes) is 43. The fraction of sp³-hybridized carbons (Fsp3) is 0.953. The highest BCUT2D eigenvalue weighted by atomic mass is 16.6. The van der Waals surface area contributed by atoms with Crippen molar-refractivity contribution in [3.8, 4) is 0 Å². The molecule has 0 bridgehead atoms. The van der Waals surface area contributed by atoms with Gasteiger partial charge in [-0.15, -0.1) is 0 Å². The Morgan fingerprint density at radius 2 is 0.471 bits per heavy atom. The molecule has 0 aromatic heterocycles. The third kappa shape index (κ3) is 57.3. The van der Waals surface area contributed by atoms with Gasteiger partial charge in [-0.2, -0.15) is 0 Å². The summed E-state index contributed by atoms with van der Waals surface area (Å²) in [6.45, 7) is 11.4. The molecule has 0 aromatic carbocycles. The minimum Gasteiger partial charge on any atom is -0.462 e. The van der Waals surface area contributed by atoms with Gasteiger partial charge in [-0.1, -0.05) is 324 Å². The van der Waals surface area contributed by atoms with Crippen LogP contribution < -0.4 is 0 Å². The smallest absolute Gasteiger partial charge is 0.306 e. The highest BCUT2D eigenvalue weighted by Gasteiger charge is 2.19. The lowest BCUT2D eigenvalue weighted by molar-refractivity contribution is -0.167. The van der Waals surface area contributed by atoms with Gasteiger partial charge < -0.3 is 14.2 Å². The first kappa shape index (κ1) is 68.4. The molecule has 0 heterocycles. The topological polar surface area (TPSA) is 78.9 Å². The monoisotopic (exact) mass is 989 g/mol. The van der Waals surface area contributed by atoms with Crippen molar-refractivity contribution in [2.75, 3.05) is 13.2 Å². The first-order valence-corrected chi connectivity index (χ1v) is 31.7. The van der Waals surface area contributed by atoms with E-state index in [1.807, 2.05) is 0 Å². The van der Waals surface area contributed by atoms with Gasteiger partial charge >= 0.3 is 17.9 Å². The molecule has 0 aliphatic carbocycles. The SMILES string of the molecule is CCCCCCCCCCCCCCCCCCCCCC(=O)OC[C@@H](COC(=O)CCCCCCCCCCCCCC(C)C)OC(=O)CCCCCCCCCCCCCCCCCCC(C)C. The van der Waals surface area contributed by atoms with Gasteiger partial charge in [0.1, 0.15) is 13.2 Å². The van der Waals surface area contributed by atoms with Crippen LogP contribution in [-0.2, 0) is 28.6 Å². The van der Waals surface area contributed by atoms with Crippen LogP contribution in [0.2, 0.25) is 0 Å². The molecular formula is C64H124O6. The molecule has 6 nitrogen and oxygen atoms in total. The van der Waals surface area contributed by atoms with E-state index in [0.717, 1.165) is 69.6 Å². The first-order valence-electron chi connectivity index (χ1n) is 31.7. The molecule has 0 N–H and O–H groups in total. The molecular weight excluding hydrogens is 865 g/mol. The molecule has 0 saturated carbocycles. The van der Waals surface area contributed by atoms with Crippen molar-refractivity contribution >= 4 is 17.9 Å². The number of rotatable bonds is 58. The quantitative estimate of drug-likeness (QED) is 0.0343. The molecule has 0 unspecified atom stereocenters. The molecule has 6 heteroatoms. The maximum Gasteiger partial charge on any atom is 0.306 e. The zero-order chi connectivity index (χ0) is 51.1. The van der Waals surface area contributed by atoms with Gasteiger partial charge in [-0.05, 0) is 31.1 Å². The van der Waals surface area contributed by atoms with E-state index in [1.54, 1.807) is 0 Å². The van der Waals surface area contributed by atoms with Crippen LogP contribution in [0.25, 0.3) is 0 Å². The van der Waals surface area contributed by atoms with Gasteiger partial charge in [0.15, 0.2) is 6.10 Å². The number of carbonyl (C=O) groups excluding carboxylic acids is 3. The molecule has 0 aromatic rings. The molecule has 1 atom stereocenters. The van der Waals surface area contributed by atoms with E-state index in [9.17, 15) is 14.4 Å². The maximum absolute atomic E-state index is 12.9. The van der Waals surface area contributed by atoms with Crippen LogP contribution in [0.5, 0.6) is 0 Å². The molecule has 0 fully saturated rings. The Bertz CT molecular complexity index is 1070. The van der Waals surface area contributed by atoms with Crippen molar-refractivity contribution in [3.63, 3.8) is 0 Å². The Balaban J connectivity index is 4.27. The molecule has 0 radical (unpaired) electrons. The third-order valence-electron chi connectivity index (χ3n) is 14.7. The lowest BCUT2D eigenvalue weighted by atomic mass is 10.0. The highest BCUT2D eigenvalue weighted by molar-refractivity contribution is 5.71. The summed E-state index contributed by atoms with van der Waals surface area (Å²) in [5.41, 5.74) is 0. The van der Waals surface area contributed by atoms with Crippen molar-refractivity contribution in [3.05, 3.63) is 0 Å². The van der Waals surface area contributed by atoms with E-state index in [1.165, 1.54) is 250 Å². The van der Waals surface area contributed by atoms with Crippen LogP contribution >= 0.6 is 0 Å². The van der Waals surface area contributed by atoms with Gasteiger partial charge in [0.25, 0.3) is 0 Å². The Morgan fingerprint density at radius 3 is 0.700 bits per heavy atom. The van der Waals surface area contributed by atoms with Crippen LogP contribution in [0.3, 0.4) is 0 Å². The number of carbonyl (C=O) groups is 3. The molecule has 416 valence electrons. The Labute approximate surface area is 438 Å². The minimum absolute atomic E-state index is 0.0620. The summed E-state index contributed by atoms with van der Waals surface area (Å²) in [7, 11) is 0. The Kier molecular flexibility index (Phi) is 55.4. The van der Waals surface area contributed by atoms with Crippen LogP contribution in [0.15, 0.2) is 0 Å². The molecule has 0 saturated heterocycles. The second-order valence-electron chi connectivity index (χ2n) is 23.0. The average Bonchev–Trinajstić information content (AvgIpc) is 3.33. The van der Waals surface area contributed by atoms with Crippen LogP contribution in [0.4, 0.5) is 0 Å². The van der Waals surface area contributed by atoms with Crippen molar-refractivity contribution < 1.29 is 28.6 Å². The molecule has 0 aliphatic rings. The summed E-state index contributed by atoms with van der Waals surface area (Å²) in [5, 5.41) is 0. The van der Waals surface area contributed by atoms with Crippen LogP contribution in [0.1, 0.15) is 362 Å². The first-order chi connectivity index (χ1) is 34.2. The number of ether oxygens (including phenoxy) is 3. The Morgan fingerprint density at radius 1 is 0.271 bits per heavy atom. The van der Waals surface area contributed by atoms with Gasteiger partial charge in [0.05, 0.1) is 0 Å². The fourth-order valence-corrected chi connectivity index (χ4v) is 9.93. The van der Waals surface area contributed by atoms with E-state index in [-0.39, 0.29) is 31.1 Å². The largest absolute Gasteiger partial charge is 0.462 e. The number of esters is 3. The summed E-state index contributed by atoms with van der Waals surface area (Å²) in [6.07, 6.45) is 62.5. The third-order valence-corrected chi connectivity index (χ3v) is 14.7. The second-order valence-corrected chi connectivity index (χ2v) is 23.0. The maximum atomic E-state index is 12.9. The van der Waals surface area contributed by atoms with Crippen molar-refractivity contribution in [1.29, 1.82) is 0 Å². The predicted molar refractivity (Wildman–Crippen MR) is 303 cm³/mol. The van der Waals surface area contributed by atoms with E-state index in [2.05, 4.69) is 34.6 Å². The lowest BCUT2D eigenvalue weighted by Gasteiger charge is -2.18. The molecule has 70 heavy (non-hydrogen) atoms. The number of hydrogen-bond donors (Lipinski definition) is 0. The summed E-state index contributed by atoms with van der Waals surface area (Å²) in [6, 6.07) is 0. The van der Waals surface area contributed by atoms with Crippen molar-refractivity contribution in [2.45, 2.75) is 368 Å². The molecule has 0 aliphatic heterocycles. The molecule has 0 amide bonds. The van der Waals surface area contributed by atoms with Gasteiger partial charge in [0, 0.05) is 19.3 Å². The highest BCUT2D eigenvalue weighted by Crippen LogP contribution is 2.19. The normalized spacial score (nSPS) is 12.0. The average molecular weight is 990 g/mol. The fourth-order valence-electron chi connectivity index (χ4n) is 9.93. The molecule has 0 spiro atoms. The summed E-state index contributed by atoms with van der Waals surface area (Å²) in [5.74, 6) is 0.846. The zero-order valence-corrected chi connectivity index (χ0v) is 48.2. The van der Waals surface area contributed by atoms with Crippen LogP contribution in [0, 0.1) is 11.8 Å². The van der Waals surface area contributed by atoms with E-state index in [4.69, 9.17) is 14.2 Å². The zero-order valence-electron chi connectivity index (χ0n) is 48.2. The second kappa shape index (κ2) is 56.7. The van der Waals surface area contributed by atoms with E-state index >= 15 is 0 Å². The lowest BCUT2D eigenvalue weighted by Crippen LogP contribution is -2.30. The summed E-state index contributed by atoms with van der Waals surface area (Å²) < 4.78 is 17.0. The van der Waals surface area contributed by atoms with Crippen molar-refractivity contribution in [1.82, 2.24) is 0 Å². The van der Waals surface area contributed by atoms with Crippen LogP contribution in [-0.4, -0.2) is 37.2 Å². The van der Waals surface area contributed by atoms with Gasteiger partial charge in [-0.3, -0.25) is 14.4 Å². The summed E-state index contributed by atoms with van der Waals surface area (Å²) in [4.78, 5) is 38.3. The van der Waals surface area contributed by atoms with Gasteiger partial charge in [0.2, 0.25) is 0 Å². The van der Waals surface area contributed by atoms with Crippen molar-refractivity contribution in [2.24, 2.45) is 11.8 Å².